The Bertz CT molecular complexity index is 1510. The number of furan rings is 1. The third kappa shape index (κ3) is 7.29. The highest BCUT2D eigenvalue weighted by Gasteiger charge is 2.10. The SMILES string of the molecule is C/C(=N/NC(=O)c1cccc(COc2ccc([N+](=O)[O-])cc2)c1)c1ccc(OCc2ccc(C(=O)O)o2)cc1. The van der Waals surface area contributed by atoms with Crippen LogP contribution in [0.2, 0.25) is 0 Å². The Morgan fingerprint density at radius 1 is 0.923 bits per heavy atom. The molecule has 0 radical (unpaired) electrons. The molecule has 4 rings (SSSR count). The Morgan fingerprint density at radius 2 is 1.59 bits per heavy atom. The Balaban J connectivity index is 1.29. The molecule has 4 aromatic rings. The largest absolute Gasteiger partial charge is 0.489 e. The lowest BCUT2D eigenvalue weighted by molar-refractivity contribution is -0.384. The van der Waals surface area contributed by atoms with Crippen LogP contribution in [0.4, 0.5) is 5.69 Å². The topological polar surface area (TPSA) is 154 Å². The van der Waals surface area contributed by atoms with Gasteiger partial charge in [-0.1, -0.05) is 12.1 Å². The molecule has 0 spiro atoms. The minimum Gasteiger partial charge on any atom is -0.489 e. The van der Waals surface area contributed by atoms with Gasteiger partial charge in [-0.05, 0) is 78.7 Å². The molecule has 1 heterocycles. The standard InChI is InChI=1S/C28H23N3O8/c1-18(20-5-9-23(10-6-20)38-17-25-13-14-26(39-25)28(33)34)29-30-27(32)21-4-2-3-19(15-21)16-37-24-11-7-22(8-12-24)31(35)36/h2-15H,16-17H2,1H3,(H,30,32)(H,33,34)/b29-18-. The Labute approximate surface area is 222 Å². The molecule has 11 heteroatoms. The third-order valence-corrected chi connectivity index (χ3v) is 5.49. The number of nitrogens with one attached hydrogen (secondary N) is 1. The van der Waals surface area contributed by atoms with Gasteiger partial charge in [-0.3, -0.25) is 14.9 Å². The summed E-state index contributed by atoms with van der Waals surface area (Å²) in [5, 5.41) is 23.9. The molecule has 0 saturated heterocycles. The first-order chi connectivity index (χ1) is 18.8. The highest BCUT2D eigenvalue weighted by Crippen LogP contribution is 2.19. The molecular formula is C28H23N3O8. The summed E-state index contributed by atoms with van der Waals surface area (Å²) in [6, 6.07) is 22.5. The molecule has 0 aliphatic rings. The van der Waals surface area contributed by atoms with Gasteiger partial charge in [-0.2, -0.15) is 5.10 Å². The third-order valence-electron chi connectivity index (χ3n) is 5.49. The fraction of sp³-hybridized carbons (Fsp3) is 0.107. The number of carbonyl (C=O) groups excluding carboxylic acids is 1. The number of nitro groups is 1. The number of carbonyl (C=O) groups is 2. The summed E-state index contributed by atoms with van der Waals surface area (Å²) >= 11 is 0. The first kappa shape index (κ1) is 26.6. The van der Waals surface area contributed by atoms with Crippen LogP contribution >= 0.6 is 0 Å². The number of amides is 1. The quantitative estimate of drug-likeness (QED) is 0.153. The average molecular weight is 530 g/mol. The summed E-state index contributed by atoms with van der Waals surface area (Å²) in [5.74, 6) is -0.282. The van der Waals surface area contributed by atoms with E-state index < -0.39 is 16.8 Å². The number of nitrogens with zero attached hydrogens (tertiary/aromatic N) is 2. The van der Waals surface area contributed by atoms with E-state index in [1.165, 1.54) is 30.3 Å². The molecule has 3 aromatic carbocycles. The molecule has 198 valence electrons. The zero-order valence-electron chi connectivity index (χ0n) is 20.7. The number of hydrogen-bond donors (Lipinski definition) is 2. The van der Waals surface area contributed by atoms with Crippen molar-refractivity contribution in [3.63, 3.8) is 0 Å². The number of ether oxygens (including phenoxy) is 2. The lowest BCUT2D eigenvalue weighted by atomic mass is 10.1. The number of aromatic carboxylic acids is 1. The summed E-state index contributed by atoms with van der Waals surface area (Å²) in [6.45, 7) is 2.00. The van der Waals surface area contributed by atoms with Crippen LogP contribution in [-0.4, -0.2) is 27.6 Å². The van der Waals surface area contributed by atoms with E-state index in [2.05, 4.69) is 10.5 Å². The maximum absolute atomic E-state index is 12.6. The van der Waals surface area contributed by atoms with E-state index in [1.54, 1.807) is 61.5 Å². The van der Waals surface area contributed by atoms with E-state index in [0.29, 0.717) is 28.5 Å². The Morgan fingerprint density at radius 3 is 2.23 bits per heavy atom. The van der Waals surface area contributed by atoms with Gasteiger partial charge in [0.15, 0.2) is 0 Å². The molecule has 0 atom stereocenters. The van der Waals surface area contributed by atoms with Crippen molar-refractivity contribution < 1.29 is 33.5 Å². The Hall–Kier alpha value is -5.45. The molecule has 2 N–H and O–H groups in total. The van der Waals surface area contributed by atoms with Gasteiger partial charge >= 0.3 is 5.97 Å². The summed E-state index contributed by atoms with van der Waals surface area (Å²) < 4.78 is 16.4. The van der Waals surface area contributed by atoms with Gasteiger partial charge in [0, 0.05) is 17.7 Å². The van der Waals surface area contributed by atoms with Crippen molar-refractivity contribution in [2.75, 3.05) is 0 Å². The van der Waals surface area contributed by atoms with E-state index in [9.17, 15) is 19.7 Å². The number of hydrazone groups is 1. The highest BCUT2D eigenvalue weighted by molar-refractivity contribution is 6.01. The molecule has 0 aliphatic heterocycles. The second-order valence-electron chi connectivity index (χ2n) is 8.26. The molecule has 0 fully saturated rings. The van der Waals surface area contributed by atoms with Gasteiger partial charge in [0.2, 0.25) is 5.76 Å². The van der Waals surface area contributed by atoms with E-state index >= 15 is 0 Å². The molecule has 0 bridgehead atoms. The number of rotatable bonds is 11. The first-order valence-electron chi connectivity index (χ1n) is 11.6. The van der Waals surface area contributed by atoms with Crippen molar-refractivity contribution in [1.82, 2.24) is 5.43 Å². The van der Waals surface area contributed by atoms with Gasteiger partial charge in [0.25, 0.3) is 11.6 Å². The normalized spacial score (nSPS) is 11.1. The maximum Gasteiger partial charge on any atom is 0.371 e. The van der Waals surface area contributed by atoms with Crippen LogP contribution in [-0.2, 0) is 13.2 Å². The lowest BCUT2D eigenvalue weighted by Gasteiger charge is -2.08. The maximum atomic E-state index is 12.6. The van der Waals surface area contributed by atoms with Gasteiger partial charge < -0.3 is 19.0 Å². The number of hydrogen-bond acceptors (Lipinski definition) is 8. The van der Waals surface area contributed by atoms with E-state index in [4.69, 9.17) is 19.0 Å². The van der Waals surface area contributed by atoms with Crippen molar-refractivity contribution in [1.29, 1.82) is 0 Å². The fourth-order valence-electron chi connectivity index (χ4n) is 3.41. The number of nitro benzene ring substituents is 1. The van der Waals surface area contributed by atoms with Crippen LogP contribution in [0.1, 0.15) is 44.7 Å². The van der Waals surface area contributed by atoms with Gasteiger partial charge in [-0.25, -0.2) is 10.2 Å². The predicted molar refractivity (Wildman–Crippen MR) is 140 cm³/mol. The van der Waals surface area contributed by atoms with Crippen molar-refractivity contribution >= 4 is 23.3 Å². The van der Waals surface area contributed by atoms with Crippen molar-refractivity contribution in [3.8, 4) is 11.5 Å². The van der Waals surface area contributed by atoms with Gasteiger partial charge in [0.05, 0.1) is 10.6 Å². The molecule has 11 nitrogen and oxygen atoms in total. The van der Waals surface area contributed by atoms with Crippen LogP contribution in [0.15, 0.2) is 94.4 Å². The van der Waals surface area contributed by atoms with Crippen molar-refractivity contribution in [2.24, 2.45) is 5.10 Å². The van der Waals surface area contributed by atoms with E-state index in [0.717, 1.165) is 11.1 Å². The Kier molecular flexibility index (Phi) is 8.32. The first-order valence-corrected chi connectivity index (χ1v) is 11.6. The summed E-state index contributed by atoms with van der Waals surface area (Å²) in [6.07, 6.45) is 0. The summed E-state index contributed by atoms with van der Waals surface area (Å²) in [7, 11) is 0. The summed E-state index contributed by atoms with van der Waals surface area (Å²) in [4.78, 5) is 33.8. The number of carboxylic acid groups (broad SMARTS) is 1. The van der Waals surface area contributed by atoms with Crippen molar-refractivity contribution in [2.45, 2.75) is 20.1 Å². The number of non-ortho nitro benzene ring substituents is 1. The van der Waals surface area contributed by atoms with Crippen molar-refractivity contribution in [3.05, 3.63) is 123 Å². The van der Waals surface area contributed by atoms with E-state index in [-0.39, 0.29) is 24.7 Å². The average Bonchev–Trinajstić information content (AvgIpc) is 3.44. The lowest BCUT2D eigenvalue weighted by Crippen LogP contribution is -2.19. The molecule has 0 unspecified atom stereocenters. The predicted octanol–water partition coefficient (Wildman–Crippen LogP) is 5.20. The minimum atomic E-state index is -1.14. The van der Waals surface area contributed by atoms with Crippen LogP contribution < -0.4 is 14.9 Å². The fourth-order valence-corrected chi connectivity index (χ4v) is 3.41. The van der Waals surface area contributed by atoms with Crippen LogP contribution in [0.5, 0.6) is 11.5 Å². The molecule has 0 saturated carbocycles. The van der Waals surface area contributed by atoms with Gasteiger partial charge in [0.1, 0.15) is 30.5 Å². The van der Waals surface area contributed by atoms with Crippen LogP contribution in [0.25, 0.3) is 0 Å². The van der Waals surface area contributed by atoms with E-state index in [1.807, 2.05) is 0 Å². The molecule has 39 heavy (non-hydrogen) atoms. The van der Waals surface area contributed by atoms with Crippen LogP contribution in [0.3, 0.4) is 0 Å². The molecule has 0 aliphatic carbocycles. The zero-order valence-corrected chi connectivity index (χ0v) is 20.7. The minimum absolute atomic E-state index is 0.0242. The molecule has 1 amide bonds. The number of carboxylic acids is 1. The monoisotopic (exact) mass is 529 g/mol. The summed E-state index contributed by atoms with van der Waals surface area (Å²) in [5.41, 5.74) is 4.99. The molecule has 1 aromatic heterocycles. The number of benzene rings is 3. The smallest absolute Gasteiger partial charge is 0.371 e. The van der Waals surface area contributed by atoms with Gasteiger partial charge in [-0.15, -0.1) is 0 Å². The zero-order chi connectivity index (χ0) is 27.8. The second-order valence-corrected chi connectivity index (χ2v) is 8.26. The van der Waals surface area contributed by atoms with Crippen LogP contribution in [0, 0.1) is 10.1 Å². The highest BCUT2D eigenvalue weighted by atomic mass is 16.6. The second kappa shape index (κ2) is 12.2. The molecular weight excluding hydrogens is 506 g/mol.